The largest absolute Gasteiger partial charge is 0.379 e. The van der Waals surface area contributed by atoms with E-state index in [0.717, 1.165) is 26.4 Å². The maximum absolute atomic E-state index is 5.56. The number of unbranched alkanes of at least 4 members (excludes halogenated alkanes) is 8. The molecule has 0 saturated heterocycles. The lowest BCUT2D eigenvalue weighted by molar-refractivity contribution is 0.0449. The number of hydrogen-bond acceptors (Lipinski definition) is 2. The highest BCUT2D eigenvalue weighted by atomic mass is 127. The van der Waals surface area contributed by atoms with Crippen molar-refractivity contribution in [3.05, 3.63) is 0 Å². The fourth-order valence-corrected chi connectivity index (χ4v) is 2.50. The normalized spacial score (nSPS) is 11.1. The second kappa shape index (κ2) is 18.7. The van der Waals surface area contributed by atoms with Crippen molar-refractivity contribution >= 4 is 22.6 Å². The lowest BCUT2D eigenvalue weighted by Crippen LogP contribution is -2.06. The summed E-state index contributed by atoms with van der Waals surface area (Å²) in [4.78, 5) is 0. The molecule has 0 radical (unpaired) electrons. The van der Waals surface area contributed by atoms with Crippen molar-refractivity contribution in [3.63, 3.8) is 0 Å². The van der Waals surface area contributed by atoms with Crippen LogP contribution in [0.25, 0.3) is 0 Å². The van der Waals surface area contributed by atoms with Gasteiger partial charge in [0.2, 0.25) is 0 Å². The third kappa shape index (κ3) is 18.6. The minimum atomic E-state index is 0.766. The van der Waals surface area contributed by atoms with Gasteiger partial charge in [0, 0.05) is 13.2 Å². The van der Waals surface area contributed by atoms with Crippen LogP contribution >= 0.6 is 22.6 Å². The summed E-state index contributed by atoms with van der Waals surface area (Å²) in [5.41, 5.74) is 0. The highest BCUT2D eigenvalue weighted by Gasteiger charge is 1.93. The Hall–Kier alpha value is 0.650. The Morgan fingerprint density at radius 1 is 0.579 bits per heavy atom. The van der Waals surface area contributed by atoms with Crippen molar-refractivity contribution in [2.24, 2.45) is 0 Å². The van der Waals surface area contributed by atoms with Gasteiger partial charge in [0.05, 0.1) is 13.2 Å². The van der Waals surface area contributed by atoms with Crippen LogP contribution in [0.1, 0.15) is 71.1 Å². The van der Waals surface area contributed by atoms with Gasteiger partial charge in [-0.15, -0.1) is 0 Å². The molecule has 0 aliphatic heterocycles. The average molecular weight is 384 g/mol. The first-order chi connectivity index (χ1) is 9.41. The van der Waals surface area contributed by atoms with Crippen molar-refractivity contribution in [1.82, 2.24) is 0 Å². The van der Waals surface area contributed by atoms with Crippen LogP contribution in [-0.2, 0) is 9.47 Å². The Morgan fingerprint density at radius 3 is 1.58 bits per heavy atom. The smallest absolute Gasteiger partial charge is 0.0700 e. The number of rotatable bonds is 16. The number of halogens is 1. The Balaban J connectivity index is 2.88. The molecule has 0 rings (SSSR count). The van der Waals surface area contributed by atoms with Gasteiger partial charge in [-0.1, -0.05) is 74.5 Å². The van der Waals surface area contributed by atoms with E-state index in [2.05, 4.69) is 29.5 Å². The van der Waals surface area contributed by atoms with Gasteiger partial charge >= 0.3 is 0 Å². The predicted octanol–water partition coefficient (Wildman–Crippen LogP) is 5.38. The Kier molecular flexibility index (Phi) is 19.3. The minimum Gasteiger partial charge on any atom is -0.379 e. The lowest BCUT2D eigenvalue weighted by atomic mass is 10.1. The summed E-state index contributed by atoms with van der Waals surface area (Å²) < 4.78 is 12.4. The molecule has 0 atom stereocenters. The molecule has 19 heavy (non-hydrogen) atoms. The van der Waals surface area contributed by atoms with E-state index in [0.29, 0.717) is 0 Å². The number of hydrogen-bond donors (Lipinski definition) is 0. The zero-order chi connectivity index (χ0) is 14.0. The summed E-state index contributed by atoms with van der Waals surface area (Å²) in [7, 11) is 0. The first kappa shape index (κ1) is 19.7. The van der Waals surface area contributed by atoms with Crippen molar-refractivity contribution in [1.29, 1.82) is 0 Å². The molecule has 116 valence electrons. The summed E-state index contributed by atoms with van der Waals surface area (Å²) >= 11 is 2.44. The van der Waals surface area contributed by atoms with Crippen LogP contribution in [0.5, 0.6) is 0 Å². The topological polar surface area (TPSA) is 18.5 Å². The molecular weight excluding hydrogens is 351 g/mol. The predicted molar refractivity (Wildman–Crippen MR) is 92.4 cm³/mol. The molecule has 0 amide bonds. The van der Waals surface area contributed by atoms with Gasteiger partial charge < -0.3 is 9.47 Å². The molecule has 0 spiro atoms. The van der Waals surface area contributed by atoms with E-state index in [1.54, 1.807) is 0 Å². The molecule has 0 aromatic rings. The van der Waals surface area contributed by atoms with Crippen LogP contribution in [0.15, 0.2) is 0 Å². The van der Waals surface area contributed by atoms with Gasteiger partial charge in [-0.25, -0.2) is 0 Å². The average Bonchev–Trinajstić information content (AvgIpc) is 2.43. The second-order valence-corrected chi connectivity index (χ2v) is 6.17. The molecule has 3 heteroatoms. The van der Waals surface area contributed by atoms with Gasteiger partial charge in [0.25, 0.3) is 0 Å². The Bertz CT molecular complexity index is 138. The zero-order valence-corrected chi connectivity index (χ0v) is 15.0. The highest BCUT2D eigenvalue weighted by molar-refractivity contribution is 14.1. The summed E-state index contributed by atoms with van der Waals surface area (Å²) in [6.45, 7) is 5.60. The van der Waals surface area contributed by atoms with Crippen LogP contribution in [0.2, 0.25) is 0 Å². The summed E-state index contributed by atoms with van der Waals surface area (Å²) in [5, 5.41) is 0. The molecule has 0 unspecified atom stereocenters. The molecule has 0 bridgehead atoms. The molecule has 0 aromatic heterocycles. The molecule has 0 fully saturated rings. The fourth-order valence-electron chi connectivity index (χ4n) is 1.96. The summed E-state index contributed by atoms with van der Waals surface area (Å²) in [5.74, 6) is 0. The molecule has 0 aliphatic rings. The van der Waals surface area contributed by atoms with Crippen LogP contribution in [0.3, 0.4) is 0 Å². The van der Waals surface area contributed by atoms with Gasteiger partial charge in [0.15, 0.2) is 0 Å². The first-order valence-electron chi connectivity index (χ1n) is 8.13. The Morgan fingerprint density at radius 2 is 1.05 bits per heavy atom. The van der Waals surface area contributed by atoms with Crippen molar-refractivity contribution in [2.75, 3.05) is 30.9 Å². The molecule has 0 aromatic carbocycles. The van der Waals surface area contributed by atoms with Crippen molar-refractivity contribution < 1.29 is 9.47 Å². The van der Waals surface area contributed by atoms with E-state index < -0.39 is 0 Å². The quantitative estimate of drug-likeness (QED) is 0.202. The number of ether oxygens (including phenoxy) is 2. The Labute approximate surface area is 134 Å². The summed E-state index contributed by atoms with van der Waals surface area (Å²) in [6.07, 6.45) is 13.2. The maximum Gasteiger partial charge on any atom is 0.0700 e. The molecule has 0 saturated carbocycles. The molecular formula is C16H33IO2. The first-order valence-corrected chi connectivity index (χ1v) is 9.65. The fraction of sp³-hybridized carbons (Fsp3) is 1.00. The van der Waals surface area contributed by atoms with Crippen LogP contribution < -0.4 is 0 Å². The van der Waals surface area contributed by atoms with Gasteiger partial charge in [-0.05, 0) is 23.7 Å². The van der Waals surface area contributed by atoms with Crippen LogP contribution in [-0.4, -0.2) is 30.9 Å². The van der Waals surface area contributed by atoms with Crippen LogP contribution in [0.4, 0.5) is 0 Å². The second-order valence-electron chi connectivity index (χ2n) is 5.10. The van der Waals surface area contributed by atoms with E-state index in [1.165, 1.54) is 68.6 Å². The van der Waals surface area contributed by atoms with E-state index in [9.17, 15) is 0 Å². The molecule has 0 heterocycles. The molecule has 2 nitrogen and oxygen atoms in total. The SMILES string of the molecule is CCCCCCCCOCCOCCCCCCI. The van der Waals surface area contributed by atoms with E-state index in [4.69, 9.17) is 9.47 Å². The van der Waals surface area contributed by atoms with Gasteiger partial charge in [-0.3, -0.25) is 0 Å². The highest BCUT2D eigenvalue weighted by Crippen LogP contribution is 2.05. The van der Waals surface area contributed by atoms with E-state index in [-0.39, 0.29) is 0 Å². The van der Waals surface area contributed by atoms with E-state index >= 15 is 0 Å². The number of alkyl halides is 1. The lowest BCUT2D eigenvalue weighted by Gasteiger charge is -2.06. The molecule has 0 aliphatic carbocycles. The monoisotopic (exact) mass is 384 g/mol. The summed E-state index contributed by atoms with van der Waals surface area (Å²) in [6, 6.07) is 0. The van der Waals surface area contributed by atoms with Gasteiger partial charge in [0.1, 0.15) is 0 Å². The maximum atomic E-state index is 5.56. The van der Waals surface area contributed by atoms with Crippen molar-refractivity contribution in [2.45, 2.75) is 71.1 Å². The van der Waals surface area contributed by atoms with Crippen molar-refractivity contribution in [3.8, 4) is 0 Å². The standard InChI is InChI=1S/C16H33IO2/c1-2-3-4-5-7-10-13-18-15-16-19-14-11-8-6-9-12-17/h2-16H2,1H3. The molecule has 0 N–H and O–H groups in total. The third-order valence-electron chi connectivity index (χ3n) is 3.19. The van der Waals surface area contributed by atoms with E-state index in [1.807, 2.05) is 0 Å². The zero-order valence-electron chi connectivity index (χ0n) is 12.8. The van der Waals surface area contributed by atoms with Gasteiger partial charge in [-0.2, -0.15) is 0 Å². The third-order valence-corrected chi connectivity index (χ3v) is 3.95. The minimum absolute atomic E-state index is 0.766. The van der Waals surface area contributed by atoms with Crippen LogP contribution in [0, 0.1) is 0 Å².